The summed E-state index contributed by atoms with van der Waals surface area (Å²) >= 11 is 5.15. The first-order valence-corrected chi connectivity index (χ1v) is 9.13. The molecule has 1 unspecified atom stereocenters. The molecule has 25 heavy (non-hydrogen) atoms. The third-order valence-electron chi connectivity index (χ3n) is 4.04. The van der Waals surface area contributed by atoms with Crippen molar-refractivity contribution in [3.05, 3.63) is 44.6 Å². The van der Waals surface area contributed by atoms with Crippen LogP contribution in [0, 0.1) is 0 Å². The summed E-state index contributed by atoms with van der Waals surface area (Å²) in [6.07, 6.45) is 0.695. The first kappa shape index (κ1) is 16.2. The summed E-state index contributed by atoms with van der Waals surface area (Å²) in [7, 11) is 3.25. The van der Waals surface area contributed by atoms with E-state index >= 15 is 0 Å². The van der Waals surface area contributed by atoms with Gasteiger partial charge in [0.05, 0.1) is 29.8 Å². The normalized spacial score (nSPS) is 16.3. The molecule has 1 aromatic carbocycles. The molecule has 0 spiro atoms. The smallest absolute Gasteiger partial charge is 0.269 e. The van der Waals surface area contributed by atoms with Gasteiger partial charge in [0.2, 0.25) is 0 Å². The van der Waals surface area contributed by atoms with Crippen LogP contribution in [0.5, 0.6) is 11.5 Å². The highest BCUT2D eigenvalue weighted by Crippen LogP contribution is 2.37. The van der Waals surface area contributed by atoms with Crippen LogP contribution in [0.3, 0.4) is 0 Å². The Morgan fingerprint density at radius 2 is 2.00 bits per heavy atom. The number of hydrogen-bond donors (Lipinski definition) is 0. The van der Waals surface area contributed by atoms with Crippen molar-refractivity contribution in [2.75, 3.05) is 14.2 Å². The second kappa shape index (κ2) is 6.57. The predicted molar refractivity (Wildman–Crippen MR) is 98.3 cm³/mol. The van der Waals surface area contributed by atoms with Gasteiger partial charge in [-0.05, 0) is 56.2 Å². The van der Waals surface area contributed by atoms with Crippen molar-refractivity contribution in [2.45, 2.75) is 12.5 Å². The lowest BCUT2D eigenvalue weighted by Crippen LogP contribution is -2.21. The predicted octanol–water partition coefficient (Wildman–Crippen LogP) is 3.63. The number of aromatic nitrogens is 4. The van der Waals surface area contributed by atoms with Gasteiger partial charge < -0.3 is 9.47 Å². The quantitative estimate of drug-likeness (QED) is 0.645. The van der Waals surface area contributed by atoms with Crippen molar-refractivity contribution in [3.8, 4) is 11.5 Å². The van der Waals surface area contributed by atoms with Gasteiger partial charge in [0.25, 0.3) is 5.95 Å². The average molecular weight is 420 g/mol. The van der Waals surface area contributed by atoms with Crippen molar-refractivity contribution >= 4 is 38.9 Å². The van der Waals surface area contributed by atoms with Crippen molar-refractivity contribution in [3.63, 3.8) is 0 Å². The van der Waals surface area contributed by atoms with Gasteiger partial charge in [0.1, 0.15) is 0 Å². The largest absolute Gasteiger partial charge is 0.493 e. The molecule has 7 nitrogen and oxygen atoms in total. The van der Waals surface area contributed by atoms with Crippen LogP contribution in [-0.2, 0) is 0 Å². The Labute approximate surface area is 156 Å². The second-order valence-electron chi connectivity index (χ2n) is 5.42. The molecular formula is C16H14BrN5O2S. The van der Waals surface area contributed by atoms with Crippen LogP contribution in [0.1, 0.15) is 22.9 Å². The number of benzene rings is 1. The highest BCUT2D eigenvalue weighted by atomic mass is 79.9. The molecule has 0 saturated heterocycles. The first-order chi connectivity index (χ1) is 12.2. The zero-order valence-electron chi connectivity index (χ0n) is 13.5. The number of methoxy groups -OCH3 is 2. The van der Waals surface area contributed by atoms with E-state index in [1.165, 1.54) is 0 Å². The van der Waals surface area contributed by atoms with Gasteiger partial charge in [-0.2, -0.15) is 0 Å². The van der Waals surface area contributed by atoms with Crippen LogP contribution >= 0.6 is 27.3 Å². The highest BCUT2D eigenvalue weighted by Gasteiger charge is 2.28. The maximum Gasteiger partial charge on any atom is 0.269 e. The van der Waals surface area contributed by atoms with Crippen LogP contribution in [0.4, 0.5) is 5.95 Å². The van der Waals surface area contributed by atoms with E-state index in [0.29, 0.717) is 23.9 Å². The molecule has 9 heteroatoms. The summed E-state index contributed by atoms with van der Waals surface area (Å²) in [6.45, 7) is 0. The molecule has 1 aliphatic rings. The average Bonchev–Trinajstić information content (AvgIpc) is 3.28. The number of thiophene rings is 1. The van der Waals surface area contributed by atoms with Crippen LogP contribution in [0.15, 0.2) is 39.1 Å². The third kappa shape index (κ3) is 2.93. The molecule has 0 radical (unpaired) electrons. The van der Waals surface area contributed by atoms with E-state index in [9.17, 15) is 0 Å². The maximum absolute atomic E-state index is 5.43. The van der Waals surface area contributed by atoms with Crippen LogP contribution in [0.25, 0.3) is 0 Å². The number of tetrazole rings is 1. The molecule has 3 heterocycles. The number of rotatable bonds is 4. The molecule has 0 amide bonds. The second-order valence-corrected chi connectivity index (χ2v) is 7.88. The van der Waals surface area contributed by atoms with Crippen LogP contribution in [0.2, 0.25) is 0 Å². The van der Waals surface area contributed by atoms with Gasteiger partial charge in [0, 0.05) is 11.3 Å². The third-order valence-corrected chi connectivity index (χ3v) is 5.71. The van der Waals surface area contributed by atoms with E-state index in [-0.39, 0.29) is 6.04 Å². The fraction of sp³-hybridized carbons (Fsp3) is 0.250. The van der Waals surface area contributed by atoms with E-state index < -0.39 is 0 Å². The summed E-state index contributed by atoms with van der Waals surface area (Å²) in [6, 6.07) is 9.88. The van der Waals surface area contributed by atoms with E-state index in [2.05, 4.69) is 42.5 Å². The fourth-order valence-corrected chi connectivity index (χ4v) is 4.23. The first-order valence-electron chi connectivity index (χ1n) is 7.52. The molecule has 128 valence electrons. The minimum Gasteiger partial charge on any atom is -0.493 e. The van der Waals surface area contributed by atoms with E-state index in [0.717, 1.165) is 19.9 Å². The molecule has 1 aliphatic heterocycles. The lowest BCUT2D eigenvalue weighted by molar-refractivity contribution is 0.353. The molecule has 0 N–H and O–H groups in total. The summed E-state index contributed by atoms with van der Waals surface area (Å²) in [5, 5.41) is 11.9. The van der Waals surface area contributed by atoms with E-state index in [4.69, 9.17) is 9.47 Å². The minimum absolute atomic E-state index is 0.0572. The Hall–Kier alpha value is -2.26. The number of nitrogens with zero attached hydrogens (tertiary/aromatic N) is 5. The maximum atomic E-state index is 5.43. The molecule has 4 rings (SSSR count). The summed E-state index contributed by atoms with van der Waals surface area (Å²) in [4.78, 5) is 5.72. The Bertz CT molecular complexity index is 952. The number of hydrogen-bond acceptors (Lipinski definition) is 7. The van der Waals surface area contributed by atoms with Crippen LogP contribution < -0.4 is 9.47 Å². The molecule has 0 bridgehead atoms. The van der Waals surface area contributed by atoms with Gasteiger partial charge in [-0.25, -0.2) is 9.67 Å². The molecule has 0 aliphatic carbocycles. The van der Waals surface area contributed by atoms with Gasteiger partial charge in [-0.3, -0.25) is 0 Å². The topological polar surface area (TPSA) is 74.4 Å². The van der Waals surface area contributed by atoms with Crippen molar-refractivity contribution in [2.24, 2.45) is 4.99 Å². The Balaban J connectivity index is 1.77. The van der Waals surface area contributed by atoms with Gasteiger partial charge in [0.15, 0.2) is 11.5 Å². The molecule has 0 fully saturated rings. The standard InChI is InChI=1S/C16H14BrN5O2S/c1-23-12-4-3-9(7-13(12)24-2)11-8-10(14-5-6-15(17)25-14)18-16-19-20-21-22(11)16/h3-7,11H,8H2,1-2H3. The summed E-state index contributed by atoms with van der Waals surface area (Å²) in [5.41, 5.74) is 2.01. The fourth-order valence-electron chi connectivity index (χ4n) is 2.84. The Morgan fingerprint density at radius 1 is 1.16 bits per heavy atom. The van der Waals surface area contributed by atoms with Crippen molar-refractivity contribution in [1.82, 2.24) is 20.2 Å². The van der Waals surface area contributed by atoms with Crippen LogP contribution in [-0.4, -0.2) is 40.1 Å². The Morgan fingerprint density at radius 3 is 2.72 bits per heavy atom. The SMILES string of the molecule is COc1ccc(C2CC(c3ccc(Br)s3)=Nc3nnnn32)cc1OC. The number of aliphatic imine (C=N–C) groups is 1. The van der Waals surface area contributed by atoms with Gasteiger partial charge >= 0.3 is 0 Å². The lowest BCUT2D eigenvalue weighted by atomic mass is 9.98. The zero-order chi connectivity index (χ0) is 17.4. The van der Waals surface area contributed by atoms with E-state index in [1.807, 2.05) is 24.3 Å². The summed E-state index contributed by atoms with van der Waals surface area (Å²) in [5.74, 6) is 1.87. The zero-order valence-corrected chi connectivity index (χ0v) is 15.9. The van der Waals surface area contributed by atoms with Gasteiger partial charge in [-0.15, -0.1) is 11.3 Å². The van der Waals surface area contributed by atoms with Crippen molar-refractivity contribution < 1.29 is 9.47 Å². The number of fused-ring (bicyclic) bond motifs is 1. The highest BCUT2D eigenvalue weighted by molar-refractivity contribution is 9.11. The molecular weight excluding hydrogens is 406 g/mol. The molecule has 2 aromatic heterocycles. The summed E-state index contributed by atoms with van der Waals surface area (Å²) < 4.78 is 13.6. The number of ether oxygens (including phenoxy) is 2. The monoisotopic (exact) mass is 419 g/mol. The minimum atomic E-state index is -0.0572. The molecule has 1 atom stereocenters. The van der Waals surface area contributed by atoms with Gasteiger partial charge in [-0.1, -0.05) is 11.2 Å². The van der Waals surface area contributed by atoms with Crippen molar-refractivity contribution in [1.29, 1.82) is 0 Å². The Kier molecular flexibility index (Phi) is 4.26. The molecule has 0 saturated carbocycles. The van der Waals surface area contributed by atoms with E-state index in [1.54, 1.807) is 30.2 Å². The number of halogens is 1. The molecule has 3 aromatic rings. The lowest BCUT2D eigenvalue weighted by Gasteiger charge is -2.23.